The highest BCUT2D eigenvalue weighted by Crippen LogP contribution is 2.12. The second-order valence-corrected chi connectivity index (χ2v) is 4.38. The van der Waals surface area contributed by atoms with Gasteiger partial charge in [0.15, 0.2) is 0 Å². The summed E-state index contributed by atoms with van der Waals surface area (Å²) >= 11 is 0. The maximum Gasteiger partial charge on any atom is 0.123 e. The van der Waals surface area contributed by atoms with Gasteiger partial charge in [0, 0.05) is 11.7 Å². The topological polar surface area (TPSA) is 12.0 Å². The van der Waals surface area contributed by atoms with Crippen LogP contribution in [0.2, 0.25) is 0 Å². The molecule has 0 radical (unpaired) electrons. The fourth-order valence-corrected chi connectivity index (χ4v) is 1.86. The summed E-state index contributed by atoms with van der Waals surface area (Å²) in [4.78, 5) is 0. The van der Waals surface area contributed by atoms with Crippen LogP contribution < -0.4 is 5.32 Å². The molecule has 0 fully saturated rings. The molecule has 1 N–H and O–H groups in total. The molecule has 0 saturated carbocycles. The summed E-state index contributed by atoms with van der Waals surface area (Å²) in [5, 5.41) is 3.27. The van der Waals surface area contributed by atoms with Crippen LogP contribution in [-0.4, -0.2) is 6.04 Å². The summed E-state index contributed by atoms with van der Waals surface area (Å²) in [5.41, 5.74) is 1.95. The first-order valence-corrected chi connectivity index (χ1v) is 5.90. The number of benzene rings is 2. The van der Waals surface area contributed by atoms with Crippen LogP contribution in [0, 0.1) is 11.6 Å². The van der Waals surface area contributed by atoms with Crippen molar-refractivity contribution < 1.29 is 8.78 Å². The zero-order valence-corrected chi connectivity index (χ0v) is 10.2. The lowest BCUT2D eigenvalue weighted by atomic mass is 10.1. The third-order valence-corrected chi connectivity index (χ3v) is 2.71. The molecule has 0 bridgehead atoms. The van der Waals surface area contributed by atoms with Gasteiger partial charge in [-0.05, 0) is 55.3 Å². The summed E-state index contributed by atoms with van der Waals surface area (Å²) in [6.45, 7) is 2.03. The van der Waals surface area contributed by atoms with Crippen LogP contribution in [-0.2, 0) is 6.42 Å². The maximum absolute atomic E-state index is 12.8. The first-order chi connectivity index (χ1) is 8.63. The lowest BCUT2D eigenvalue weighted by Crippen LogP contribution is -2.17. The Morgan fingerprint density at radius 2 is 1.39 bits per heavy atom. The summed E-state index contributed by atoms with van der Waals surface area (Å²) < 4.78 is 25.5. The van der Waals surface area contributed by atoms with Crippen LogP contribution in [0.25, 0.3) is 0 Å². The van der Waals surface area contributed by atoms with Crippen molar-refractivity contribution in [2.45, 2.75) is 19.4 Å². The Kier molecular flexibility index (Phi) is 3.92. The van der Waals surface area contributed by atoms with E-state index >= 15 is 0 Å². The minimum absolute atomic E-state index is 0.195. The van der Waals surface area contributed by atoms with Gasteiger partial charge in [-0.25, -0.2) is 8.78 Å². The molecule has 2 aromatic carbocycles. The first-order valence-electron chi connectivity index (χ1n) is 5.90. The third kappa shape index (κ3) is 3.55. The Balaban J connectivity index is 1.94. The molecule has 1 unspecified atom stereocenters. The average molecular weight is 247 g/mol. The fraction of sp³-hybridized carbons (Fsp3) is 0.200. The molecule has 0 amide bonds. The SMILES string of the molecule is CC(Cc1ccc(F)cc1)Nc1ccc(F)cc1. The molecule has 0 saturated heterocycles. The molecule has 0 heterocycles. The molecule has 0 aliphatic heterocycles. The Morgan fingerprint density at radius 3 is 1.94 bits per heavy atom. The van der Waals surface area contributed by atoms with E-state index in [4.69, 9.17) is 0 Å². The van der Waals surface area contributed by atoms with Gasteiger partial charge in [0.2, 0.25) is 0 Å². The Morgan fingerprint density at radius 1 is 0.889 bits per heavy atom. The van der Waals surface area contributed by atoms with Crippen molar-refractivity contribution in [1.82, 2.24) is 0 Å². The zero-order valence-electron chi connectivity index (χ0n) is 10.2. The van der Waals surface area contributed by atoms with Crippen LogP contribution in [0.15, 0.2) is 48.5 Å². The van der Waals surface area contributed by atoms with Crippen molar-refractivity contribution in [3.63, 3.8) is 0 Å². The van der Waals surface area contributed by atoms with E-state index in [0.29, 0.717) is 0 Å². The van der Waals surface area contributed by atoms with Gasteiger partial charge in [-0.15, -0.1) is 0 Å². The molecule has 3 heteroatoms. The predicted molar refractivity (Wildman–Crippen MR) is 69.6 cm³/mol. The van der Waals surface area contributed by atoms with Gasteiger partial charge in [0.25, 0.3) is 0 Å². The van der Waals surface area contributed by atoms with E-state index in [9.17, 15) is 8.78 Å². The molecule has 94 valence electrons. The summed E-state index contributed by atoms with van der Waals surface area (Å²) in [6, 6.07) is 12.9. The number of anilines is 1. The first kappa shape index (κ1) is 12.6. The van der Waals surface area contributed by atoms with Crippen LogP contribution in [0.3, 0.4) is 0 Å². The molecule has 0 aromatic heterocycles. The highest BCUT2D eigenvalue weighted by molar-refractivity contribution is 5.43. The van der Waals surface area contributed by atoms with Crippen LogP contribution in [0.4, 0.5) is 14.5 Å². The number of rotatable bonds is 4. The Hall–Kier alpha value is -1.90. The van der Waals surface area contributed by atoms with E-state index in [0.717, 1.165) is 17.7 Å². The fourth-order valence-electron chi connectivity index (χ4n) is 1.86. The van der Waals surface area contributed by atoms with Crippen molar-refractivity contribution in [2.24, 2.45) is 0 Å². The Labute approximate surface area is 105 Å². The van der Waals surface area contributed by atoms with E-state index in [1.165, 1.54) is 24.3 Å². The number of hydrogen-bond acceptors (Lipinski definition) is 1. The lowest BCUT2D eigenvalue weighted by Gasteiger charge is -2.15. The minimum atomic E-state index is -0.244. The molecule has 2 aromatic rings. The molecule has 1 atom stereocenters. The van der Waals surface area contributed by atoms with Gasteiger partial charge in [0.05, 0.1) is 0 Å². The second kappa shape index (κ2) is 5.63. The predicted octanol–water partition coefficient (Wildman–Crippen LogP) is 4.01. The maximum atomic E-state index is 12.8. The highest BCUT2D eigenvalue weighted by atomic mass is 19.1. The van der Waals surface area contributed by atoms with Crippen molar-refractivity contribution >= 4 is 5.69 Å². The largest absolute Gasteiger partial charge is 0.382 e. The number of nitrogens with one attached hydrogen (secondary N) is 1. The van der Waals surface area contributed by atoms with Crippen LogP contribution in [0.1, 0.15) is 12.5 Å². The Bertz CT molecular complexity index is 443. The quantitative estimate of drug-likeness (QED) is 0.860. The minimum Gasteiger partial charge on any atom is -0.382 e. The molecule has 1 nitrogen and oxygen atoms in total. The van der Waals surface area contributed by atoms with E-state index in [1.54, 1.807) is 24.3 Å². The van der Waals surface area contributed by atoms with Crippen molar-refractivity contribution in [1.29, 1.82) is 0 Å². The highest BCUT2D eigenvalue weighted by Gasteiger charge is 2.04. The smallest absolute Gasteiger partial charge is 0.123 e. The van der Waals surface area contributed by atoms with Gasteiger partial charge >= 0.3 is 0 Å². The molecule has 2 rings (SSSR count). The van der Waals surface area contributed by atoms with E-state index in [1.807, 2.05) is 6.92 Å². The van der Waals surface area contributed by atoms with E-state index < -0.39 is 0 Å². The van der Waals surface area contributed by atoms with Crippen LogP contribution >= 0.6 is 0 Å². The normalized spacial score (nSPS) is 12.2. The number of hydrogen-bond donors (Lipinski definition) is 1. The lowest BCUT2D eigenvalue weighted by molar-refractivity contribution is 0.626. The summed E-state index contributed by atoms with van der Waals surface area (Å²) in [6.07, 6.45) is 0.789. The van der Waals surface area contributed by atoms with Gasteiger partial charge in [-0.2, -0.15) is 0 Å². The van der Waals surface area contributed by atoms with E-state index in [2.05, 4.69) is 5.32 Å². The summed E-state index contributed by atoms with van der Waals surface area (Å²) in [7, 11) is 0. The summed E-state index contributed by atoms with van der Waals surface area (Å²) in [5.74, 6) is -0.468. The standard InChI is InChI=1S/C15H15F2N/c1-11(10-12-2-4-13(16)5-3-12)18-15-8-6-14(17)7-9-15/h2-9,11,18H,10H2,1H3. The van der Waals surface area contributed by atoms with Gasteiger partial charge in [-0.3, -0.25) is 0 Å². The molecule has 0 aliphatic rings. The molecule has 0 spiro atoms. The molecule has 18 heavy (non-hydrogen) atoms. The van der Waals surface area contributed by atoms with Gasteiger partial charge in [-0.1, -0.05) is 12.1 Å². The second-order valence-electron chi connectivity index (χ2n) is 4.38. The van der Waals surface area contributed by atoms with Gasteiger partial charge < -0.3 is 5.32 Å². The van der Waals surface area contributed by atoms with Crippen LogP contribution in [0.5, 0.6) is 0 Å². The third-order valence-electron chi connectivity index (χ3n) is 2.71. The zero-order chi connectivity index (χ0) is 13.0. The molecular weight excluding hydrogens is 232 g/mol. The average Bonchev–Trinajstić information content (AvgIpc) is 2.35. The van der Waals surface area contributed by atoms with Gasteiger partial charge in [0.1, 0.15) is 11.6 Å². The van der Waals surface area contributed by atoms with Crippen molar-refractivity contribution in [3.05, 3.63) is 65.7 Å². The van der Waals surface area contributed by atoms with Crippen molar-refractivity contribution in [2.75, 3.05) is 5.32 Å². The van der Waals surface area contributed by atoms with E-state index in [-0.39, 0.29) is 17.7 Å². The molecular formula is C15H15F2N. The molecule has 0 aliphatic carbocycles. The monoisotopic (exact) mass is 247 g/mol. The van der Waals surface area contributed by atoms with Crippen molar-refractivity contribution in [3.8, 4) is 0 Å². The number of halogens is 2.